The van der Waals surface area contributed by atoms with E-state index in [4.69, 9.17) is 0 Å². The van der Waals surface area contributed by atoms with Crippen LogP contribution in [0.1, 0.15) is 19.4 Å². The lowest BCUT2D eigenvalue weighted by atomic mass is 10.1. The van der Waals surface area contributed by atoms with Crippen molar-refractivity contribution in [1.29, 1.82) is 0 Å². The number of benzene rings is 2. The molecule has 1 atom stereocenters. The number of hydrogen-bond acceptors (Lipinski definition) is 3. The number of hydrogen-bond donors (Lipinski definition) is 1. The highest BCUT2D eigenvalue weighted by molar-refractivity contribution is 5.95. The third kappa shape index (κ3) is 3.77. The van der Waals surface area contributed by atoms with Crippen LogP contribution in [-0.4, -0.2) is 49.1 Å². The first-order chi connectivity index (χ1) is 13.9. The lowest BCUT2D eigenvalue weighted by molar-refractivity contribution is -0.116. The zero-order valence-corrected chi connectivity index (χ0v) is 16.7. The number of carbonyl (C=O) groups excluding carboxylic acids is 2. The lowest BCUT2D eigenvalue weighted by Crippen LogP contribution is -2.55. The molecule has 0 radical (unpaired) electrons. The molecule has 2 aromatic rings. The van der Waals surface area contributed by atoms with Gasteiger partial charge in [0.05, 0.1) is 5.69 Å². The SMILES string of the molecule is CC(=O)N1CCc2cc(NC(=O)N3CCN(c4ccccc4F)C[C@H]3C)ccc21. The van der Waals surface area contributed by atoms with Gasteiger partial charge in [0.25, 0.3) is 0 Å². The summed E-state index contributed by atoms with van der Waals surface area (Å²) in [5.74, 6) is -0.211. The molecule has 0 bridgehead atoms. The highest BCUT2D eigenvalue weighted by atomic mass is 19.1. The minimum absolute atomic E-state index is 0.0297. The fourth-order valence-corrected chi connectivity index (χ4v) is 4.19. The zero-order valence-electron chi connectivity index (χ0n) is 16.7. The fraction of sp³-hybridized carbons (Fsp3) is 0.364. The van der Waals surface area contributed by atoms with Crippen LogP contribution in [0.2, 0.25) is 0 Å². The summed E-state index contributed by atoms with van der Waals surface area (Å²) in [6, 6.07) is 12.2. The number of piperazine rings is 1. The number of urea groups is 1. The van der Waals surface area contributed by atoms with Crippen LogP contribution in [0.25, 0.3) is 0 Å². The molecule has 0 unspecified atom stereocenters. The van der Waals surface area contributed by atoms with Crippen LogP contribution in [0.5, 0.6) is 0 Å². The summed E-state index contributed by atoms with van der Waals surface area (Å²) in [4.78, 5) is 30.0. The van der Waals surface area contributed by atoms with Gasteiger partial charge >= 0.3 is 6.03 Å². The van der Waals surface area contributed by atoms with Gasteiger partial charge in [-0.15, -0.1) is 0 Å². The summed E-state index contributed by atoms with van der Waals surface area (Å²) < 4.78 is 14.1. The van der Waals surface area contributed by atoms with Gasteiger partial charge in [0.15, 0.2) is 0 Å². The van der Waals surface area contributed by atoms with Crippen LogP contribution in [0.3, 0.4) is 0 Å². The molecule has 29 heavy (non-hydrogen) atoms. The van der Waals surface area contributed by atoms with Crippen molar-refractivity contribution >= 4 is 29.0 Å². The van der Waals surface area contributed by atoms with E-state index in [1.54, 1.807) is 28.9 Å². The van der Waals surface area contributed by atoms with Crippen molar-refractivity contribution < 1.29 is 14.0 Å². The molecule has 3 amide bonds. The first-order valence-electron chi connectivity index (χ1n) is 9.92. The Morgan fingerprint density at radius 3 is 2.59 bits per heavy atom. The number of halogens is 1. The normalized spacial score (nSPS) is 18.6. The highest BCUT2D eigenvalue weighted by Gasteiger charge is 2.29. The number of amides is 3. The van der Waals surface area contributed by atoms with Gasteiger partial charge in [-0.3, -0.25) is 4.79 Å². The average molecular weight is 396 g/mol. The van der Waals surface area contributed by atoms with E-state index in [9.17, 15) is 14.0 Å². The van der Waals surface area contributed by atoms with E-state index in [2.05, 4.69) is 5.32 Å². The second-order valence-electron chi connectivity index (χ2n) is 7.63. The van der Waals surface area contributed by atoms with Crippen molar-refractivity contribution in [2.45, 2.75) is 26.3 Å². The summed E-state index contributed by atoms with van der Waals surface area (Å²) in [6.07, 6.45) is 0.788. The molecular weight excluding hydrogens is 371 g/mol. The molecule has 0 saturated carbocycles. The quantitative estimate of drug-likeness (QED) is 0.846. The summed E-state index contributed by atoms with van der Waals surface area (Å²) in [6.45, 7) is 5.89. The van der Waals surface area contributed by atoms with Gasteiger partial charge in [0, 0.05) is 50.5 Å². The van der Waals surface area contributed by atoms with E-state index in [1.165, 1.54) is 6.07 Å². The molecule has 4 rings (SSSR count). The maximum Gasteiger partial charge on any atom is 0.322 e. The monoisotopic (exact) mass is 396 g/mol. The van der Waals surface area contributed by atoms with Gasteiger partial charge in [-0.25, -0.2) is 9.18 Å². The van der Waals surface area contributed by atoms with Crippen molar-refractivity contribution in [3.63, 3.8) is 0 Å². The Kier molecular flexibility index (Phi) is 5.13. The van der Waals surface area contributed by atoms with Gasteiger partial charge < -0.3 is 20.0 Å². The Morgan fingerprint density at radius 1 is 1.07 bits per heavy atom. The number of para-hydroxylation sites is 1. The van der Waals surface area contributed by atoms with Gasteiger partial charge in [0.2, 0.25) is 5.91 Å². The molecule has 2 aromatic carbocycles. The molecular formula is C22H25FN4O2. The van der Waals surface area contributed by atoms with Crippen LogP contribution in [0, 0.1) is 5.82 Å². The molecule has 6 nitrogen and oxygen atoms in total. The Balaban J connectivity index is 1.41. The molecule has 1 N–H and O–H groups in total. The van der Waals surface area contributed by atoms with Gasteiger partial charge in [-0.05, 0) is 49.2 Å². The standard InChI is InChI=1S/C22H25FN4O2/c1-15-14-25(21-6-4-3-5-19(21)23)11-12-26(15)22(29)24-18-7-8-20-17(13-18)9-10-27(20)16(2)28/h3-8,13,15H,9-12,14H2,1-2H3,(H,24,29)/t15-/m1/s1. The average Bonchev–Trinajstić information content (AvgIpc) is 3.11. The summed E-state index contributed by atoms with van der Waals surface area (Å²) >= 11 is 0. The maximum atomic E-state index is 14.1. The Bertz CT molecular complexity index is 948. The maximum absolute atomic E-state index is 14.1. The Morgan fingerprint density at radius 2 is 1.86 bits per heavy atom. The van der Waals surface area contributed by atoms with Crippen LogP contribution < -0.4 is 15.1 Å². The van der Waals surface area contributed by atoms with Crippen molar-refractivity contribution in [1.82, 2.24) is 4.90 Å². The third-order valence-corrected chi connectivity index (χ3v) is 5.69. The molecule has 2 heterocycles. The third-order valence-electron chi connectivity index (χ3n) is 5.69. The van der Waals surface area contributed by atoms with E-state index in [0.717, 1.165) is 23.4 Å². The smallest absolute Gasteiger partial charge is 0.322 e. The second-order valence-corrected chi connectivity index (χ2v) is 7.63. The molecule has 0 aliphatic carbocycles. The summed E-state index contributed by atoms with van der Waals surface area (Å²) in [5.41, 5.74) is 3.29. The molecule has 7 heteroatoms. The second kappa shape index (κ2) is 7.73. The number of nitrogens with one attached hydrogen (secondary N) is 1. The number of carbonyl (C=O) groups is 2. The number of anilines is 3. The molecule has 2 aliphatic rings. The van der Waals surface area contributed by atoms with Crippen molar-refractivity contribution in [3.8, 4) is 0 Å². The molecule has 1 fully saturated rings. The first-order valence-corrected chi connectivity index (χ1v) is 9.92. The van der Waals surface area contributed by atoms with Crippen LogP contribution in [0.4, 0.5) is 26.2 Å². The minimum atomic E-state index is -0.240. The predicted octanol–water partition coefficient (Wildman–Crippen LogP) is 3.48. The molecule has 152 valence electrons. The Labute approximate surface area is 169 Å². The minimum Gasteiger partial charge on any atom is -0.365 e. The van der Waals surface area contributed by atoms with Crippen molar-refractivity contribution in [3.05, 3.63) is 53.8 Å². The first kappa shape index (κ1) is 19.2. The number of rotatable bonds is 2. The van der Waals surface area contributed by atoms with E-state index in [-0.39, 0.29) is 23.8 Å². The van der Waals surface area contributed by atoms with Gasteiger partial charge in [0.1, 0.15) is 5.82 Å². The zero-order chi connectivity index (χ0) is 20.5. The van der Waals surface area contributed by atoms with Crippen molar-refractivity contribution in [2.24, 2.45) is 0 Å². The predicted molar refractivity (Wildman–Crippen MR) is 112 cm³/mol. The highest BCUT2D eigenvalue weighted by Crippen LogP contribution is 2.31. The lowest BCUT2D eigenvalue weighted by Gasteiger charge is -2.40. The molecule has 0 spiro atoms. The van der Waals surface area contributed by atoms with Crippen LogP contribution >= 0.6 is 0 Å². The summed E-state index contributed by atoms with van der Waals surface area (Å²) in [5, 5.41) is 2.97. The van der Waals surface area contributed by atoms with Gasteiger partial charge in [-0.1, -0.05) is 12.1 Å². The van der Waals surface area contributed by atoms with Crippen LogP contribution in [0.15, 0.2) is 42.5 Å². The fourth-order valence-electron chi connectivity index (χ4n) is 4.19. The Hall–Kier alpha value is -3.09. The van der Waals surface area contributed by atoms with Gasteiger partial charge in [-0.2, -0.15) is 0 Å². The molecule has 2 aliphatic heterocycles. The van der Waals surface area contributed by atoms with Crippen LogP contribution in [-0.2, 0) is 11.2 Å². The van der Waals surface area contributed by atoms with E-state index in [1.807, 2.05) is 36.1 Å². The number of fused-ring (bicyclic) bond motifs is 1. The number of nitrogens with zero attached hydrogens (tertiary/aromatic N) is 3. The van der Waals surface area contributed by atoms with E-state index < -0.39 is 0 Å². The van der Waals surface area contributed by atoms with E-state index in [0.29, 0.717) is 31.9 Å². The molecule has 0 aromatic heterocycles. The van der Waals surface area contributed by atoms with E-state index >= 15 is 0 Å². The molecule has 1 saturated heterocycles. The van der Waals surface area contributed by atoms with Crippen molar-refractivity contribution in [2.75, 3.05) is 41.3 Å². The summed E-state index contributed by atoms with van der Waals surface area (Å²) in [7, 11) is 0. The largest absolute Gasteiger partial charge is 0.365 e. The topological polar surface area (TPSA) is 55.9 Å².